The molecular weight excluding hydrogens is 246 g/mol. The molecule has 0 aromatic heterocycles. The average molecular weight is 273 g/mol. The van der Waals surface area contributed by atoms with Crippen LogP contribution in [0.25, 0.3) is 6.08 Å². The Morgan fingerprint density at radius 3 is 2.50 bits per heavy atom. The second-order valence-corrected chi connectivity index (χ2v) is 5.58. The van der Waals surface area contributed by atoms with Crippen molar-refractivity contribution in [3.05, 3.63) is 54.6 Å². The van der Waals surface area contributed by atoms with E-state index in [1.807, 2.05) is 24.3 Å². The Morgan fingerprint density at radius 2 is 1.95 bits per heavy atom. The van der Waals surface area contributed by atoms with Crippen molar-refractivity contribution >= 4 is 6.08 Å². The molecule has 1 rings (SSSR count). The van der Waals surface area contributed by atoms with Gasteiger partial charge in [-0.2, -0.15) is 0 Å². The lowest BCUT2D eigenvalue weighted by Gasteiger charge is -2.23. The minimum atomic E-state index is 0.139. The highest BCUT2D eigenvalue weighted by atomic mass is 16.3. The van der Waals surface area contributed by atoms with Crippen LogP contribution in [0, 0.1) is 5.92 Å². The second-order valence-electron chi connectivity index (χ2n) is 5.58. The fourth-order valence-electron chi connectivity index (χ4n) is 2.24. The predicted octanol–water partition coefficient (Wildman–Crippen LogP) is 3.64. The van der Waals surface area contributed by atoms with E-state index in [1.165, 1.54) is 5.56 Å². The zero-order chi connectivity index (χ0) is 14.8. The van der Waals surface area contributed by atoms with Crippen LogP contribution in [-0.2, 0) is 0 Å². The molecular formula is C18H27NO. The summed E-state index contributed by atoms with van der Waals surface area (Å²) in [5.74, 6) is 0.571. The number of aliphatic hydroxyl groups excluding tert-OH is 1. The fourth-order valence-corrected chi connectivity index (χ4v) is 2.24. The van der Waals surface area contributed by atoms with E-state index in [0.717, 1.165) is 12.8 Å². The number of rotatable bonds is 9. The fraction of sp³-hybridized carbons (Fsp3) is 0.444. The van der Waals surface area contributed by atoms with Crippen molar-refractivity contribution in [3.8, 4) is 0 Å². The van der Waals surface area contributed by atoms with E-state index in [1.54, 1.807) is 0 Å². The lowest BCUT2D eigenvalue weighted by molar-refractivity contribution is 0.218. The monoisotopic (exact) mass is 273 g/mol. The summed E-state index contributed by atoms with van der Waals surface area (Å²) in [4.78, 5) is 0. The Kier molecular flexibility index (Phi) is 7.93. The summed E-state index contributed by atoms with van der Waals surface area (Å²) in [6.45, 7) is 8.33. The molecule has 110 valence electrons. The Bertz CT molecular complexity index is 397. The Hall–Kier alpha value is -1.38. The van der Waals surface area contributed by atoms with Gasteiger partial charge in [0.2, 0.25) is 0 Å². The molecule has 0 fully saturated rings. The maximum Gasteiger partial charge on any atom is 0.0584 e. The van der Waals surface area contributed by atoms with Crippen LogP contribution in [0.1, 0.15) is 32.3 Å². The molecule has 0 saturated carbocycles. The van der Waals surface area contributed by atoms with Gasteiger partial charge >= 0.3 is 0 Å². The third-order valence-electron chi connectivity index (χ3n) is 3.17. The first-order valence-electron chi connectivity index (χ1n) is 7.36. The molecule has 0 aliphatic rings. The minimum Gasteiger partial charge on any atom is -0.395 e. The molecule has 0 aliphatic heterocycles. The lowest BCUT2D eigenvalue weighted by atomic mass is 10.0. The van der Waals surface area contributed by atoms with Crippen LogP contribution in [0.2, 0.25) is 0 Å². The quantitative estimate of drug-likeness (QED) is 0.673. The summed E-state index contributed by atoms with van der Waals surface area (Å²) in [5, 5.41) is 13.0. The standard InChI is InChI=1S/C18H27NO/c1-4-8-17(19-18(14-20)13-15(2)3)12-11-16-9-6-5-7-10-16/h4-7,9-12,15,17-20H,1,8,13-14H2,2-3H3/b12-11+/t17-,18-/m0/s1. The zero-order valence-electron chi connectivity index (χ0n) is 12.6. The van der Waals surface area contributed by atoms with E-state index < -0.39 is 0 Å². The van der Waals surface area contributed by atoms with Crippen LogP contribution in [0.15, 0.2) is 49.1 Å². The summed E-state index contributed by atoms with van der Waals surface area (Å²) in [6, 6.07) is 10.6. The summed E-state index contributed by atoms with van der Waals surface area (Å²) in [7, 11) is 0. The van der Waals surface area contributed by atoms with Crippen molar-refractivity contribution in [3.63, 3.8) is 0 Å². The van der Waals surface area contributed by atoms with Crippen molar-refractivity contribution in [2.45, 2.75) is 38.8 Å². The van der Waals surface area contributed by atoms with Crippen molar-refractivity contribution in [2.75, 3.05) is 6.61 Å². The summed E-state index contributed by atoms with van der Waals surface area (Å²) in [6.07, 6.45) is 8.02. The van der Waals surface area contributed by atoms with E-state index >= 15 is 0 Å². The second kappa shape index (κ2) is 9.51. The van der Waals surface area contributed by atoms with Crippen molar-refractivity contribution < 1.29 is 5.11 Å². The van der Waals surface area contributed by atoms with Crippen molar-refractivity contribution in [1.82, 2.24) is 5.32 Å². The SMILES string of the molecule is C=CC[C@@H](/C=C/c1ccccc1)N[C@H](CO)CC(C)C. The smallest absolute Gasteiger partial charge is 0.0584 e. The first kappa shape index (κ1) is 16.7. The topological polar surface area (TPSA) is 32.3 Å². The lowest BCUT2D eigenvalue weighted by Crippen LogP contribution is -2.40. The van der Waals surface area contributed by atoms with Gasteiger partial charge in [-0.05, 0) is 24.3 Å². The number of aliphatic hydroxyl groups is 1. The Morgan fingerprint density at radius 1 is 1.25 bits per heavy atom. The molecule has 20 heavy (non-hydrogen) atoms. The van der Waals surface area contributed by atoms with Crippen LogP contribution in [0.4, 0.5) is 0 Å². The molecule has 0 spiro atoms. The van der Waals surface area contributed by atoms with Crippen molar-refractivity contribution in [2.24, 2.45) is 5.92 Å². The molecule has 2 N–H and O–H groups in total. The van der Waals surface area contributed by atoms with Crippen LogP contribution in [0.3, 0.4) is 0 Å². The van der Waals surface area contributed by atoms with E-state index in [9.17, 15) is 5.11 Å². The van der Waals surface area contributed by atoms with Crippen LogP contribution in [0.5, 0.6) is 0 Å². The molecule has 0 heterocycles. The molecule has 2 atom stereocenters. The summed E-state index contributed by atoms with van der Waals surface area (Å²) >= 11 is 0. The predicted molar refractivity (Wildman–Crippen MR) is 87.5 cm³/mol. The van der Waals surface area contributed by atoms with Gasteiger partial charge in [0.05, 0.1) is 6.61 Å². The molecule has 2 nitrogen and oxygen atoms in total. The highest BCUT2D eigenvalue weighted by molar-refractivity contribution is 5.49. The van der Waals surface area contributed by atoms with Gasteiger partial charge in [-0.15, -0.1) is 6.58 Å². The van der Waals surface area contributed by atoms with Crippen LogP contribution >= 0.6 is 0 Å². The van der Waals surface area contributed by atoms with Gasteiger partial charge in [-0.25, -0.2) is 0 Å². The number of benzene rings is 1. The maximum atomic E-state index is 9.46. The molecule has 0 aliphatic carbocycles. The van der Waals surface area contributed by atoms with E-state index in [2.05, 4.69) is 50.0 Å². The number of hydrogen-bond donors (Lipinski definition) is 2. The normalized spacial score (nSPS) is 14.6. The summed E-state index contributed by atoms with van der Waals surface area (Å²) < 4.78 is 0. The highest BCUT2D eigenvalue weighted by Crippen LogP contribution is 2.09. The van der Waals surface area contributed by atoms with Gasteiger partial charge in [0.15, 0.2) is 0 Å². The molecule has 1 aromatic rings. The number of nitrogens with one attached hydrogen (secondary N) is 1. The average Bonchev–Trinajstić information content (AvgIpc) is 2.44. The van der Waals surface area contributed by atoms with Gasteiger partial charge in [-0.1, -0.05) is 62.4 Å². The zero-order valence-corrected chi connectivity index (χ0v) is 12.6. The van der Waals surface area contributed by atoms with Gasteiger partial charge in [0.1, 0.15) is 0 Å². The largest absolute Gasteiger partial charge is 0.395 e. The van der Waals surface area contributed by atoms with Gasteiger partial charge < -0.3 is 10.4 Å². The van der Waals surface area contributed by atoms with Crippen LogP contribution in [-0.4, -0.2) is 23.8 Å². The third-order valence-corrected chi connectivity index (χ3v) is 3.17. The molecule has 0 radical (unpaired) electrons. The van der Waals surface area contributed by atoms with Crippen molar-refractivity contribution in [1.29, 1.82) is 0 Å². The number of hydrogen-bond acceptors (Lipinski definition) is 2. The first-order chi connectivity index (χ1) is 9.65. The minimum absolute atomic E-state index is 0.139. The van der Waals surface area contributed by atoms with E-state index in [4.69, 9.17) is 0 Å². The van der Waals surface area contributed by atoms with Crippen LogP contribution < -0.4 is 5.32 Å². The van der Waals surface area contributed by atoms with E-state index in [-0.39, 0.29) is 18.7 Å². The van der Waals surface area contributed by atoms with E-state index in [0.29, 0.717) is 5.92 Å². The van der Waals surface area contributed by atoms with Gasteiger partial charge in [0.25, 0.3) is 0 Å². The maximum absolute atomic E-state index is 9.46. The Labute approximate surface area is 123 Å². The third kappa shape index (κ3) is 6.69. The van der Waals surface area contributed by atoms with Gasteiger partial charge in [0, 0.05) is 12.1 Å². The molecule has 0 bridgehead atoms. The molecule has 0 amide bonds. The molecule has 0 unspecified atom stereocenters. The molecule has 1 aromatic carbocycles. The first-order valence-corrected chi connectivity index (χ1v) is 7.36. The van der Waals surface area contributed by atoms with Gasteiger partial charge in [-0.3, -0.25) is 0 Å². The highest BCUT2D eigenvalue weighted by Gasteiger charge is 2.13. The Balaban J connectivity index is 2.63. The summed E-state index contributed by atoms with van der Waals surface area (Å²) in [5.41, 5.74) is 1.19. The molecule has 2 heteroatoms. The molecule has 0 saturated heterocycles.